The van der Waals surface area contributed by atoms with Crippen molar-refractivity contribution in [3.05, 3.63) is 0 Å². The molecule has 114 valence electrons. The Morgan fingerprint density at radius 3 is 2.00 bits per heavy atom. The van der Waals surface area contributed by atoms with E-state index in [1.807, 2.05) is 0 Å². The first-order valence-electron chi connectivity index (χ1n) is 8.06. The molecule has 0 aromatic carbocycles. The lowest BCUT2D eigenvalue weighted by Crippen LogP contribution is -2.24. The van der Waals surface area contributed by atoms with Crippen LogP contribution in [0.4, 0.5) is 0 Å². The van der Waals surface area contributed by atoms with Crippen LogP contribution in [0.5, 0.6) is 0 Å². The van der Waals surface area contributed by atoms with Gasteiger partial charge in [0.25, 0.3) is 0 Å². The molecule has 0 amide bonds. The molecular weight excluding hydrogens is 240 g/mol. The van der Waals surface area contributed by atoms with E-state index >= 15 is 0 Å². The van der Waals surface area contributed by atoms with E-state index in [0.29, 0.717) is 13.0 Å². The van der Waals surface area contributed by atoms with Gasteiger partial charge in [-0.2, -0.15) is 0 Å². The van der Waals surface area contributed by atoms with Gasteiger partial charge in [-0.05, 0) is 12.8 Å². The van der Waals surface area contributed by atoms with Crippen molar-refractivity contribution in [3.63, 3.8) is 0 Å². The number of ether oxygens (including phenoxy) is 1. The number of carboxylic acids is 1. The highest BCUT2D eigenvalue weighted by Crippen LogP contribution is 2.11. The minimum absolute atomic E-state index is 0.590. The summed E-state index contributed by atoms with van der Waals surface area (Å²) in [6.45, 7) is 4.96. The molecule has 1 N–H and O–H groups in total. The molecule has 3 heteroatoms. The molecule has 1 unspecified atom stereocenters. The maximum Gasteiger partial charge on any atom is 0.332 e. The van der Waals surface area contributed by atoms with Crippen LogP contribution < -0.4 is 0 Å². The number of rotatable bonds is 14. The van der Waals surface area contributed by atoms with Crippen molar-refractivity contribution >= 4 is 5.97 Å². The second-order valence-electron chi connectivity index (χ2n) is 5.31. The minimum atomic E-state index is -0.802. The van der Waals surface area contributed by atoms with Crippen LogP contribution in [-0.4, -0.2) is 23.8 Å². The Labute approximate surface area is 118 Å². The van der Waals surface area contributed by atoms with E-state index in [-0.39, 0.29) is 0 Å². The normalized spacial score (nSPS) is 12.5. The summed E-state index contributed by atoms with van der Waals surface area (Å²) in [4.78, 5) is 11.1. The maximum atomic E-state index is 11.1. The molecule has 0 radical (unpaired) electrons. The number of carbonyl (C=O) groups is 1. The van der Waals surface area contributed by atoms with E-state index in [1.54, 1.807) is 0 Å². The summed E-state index contributed by atoms with van der Waals surface area (Å²) in [5.41, 5.74) is 0. The molecular formula is C16H32O3. The van der Waals surface area contributed by atoms with Crippen LogP contribution in [0, 0.1) is 0 Å². The molecule has 0 aliphatic heterocycles. The van der Waals surface area contributed by atoms with E-state index in [0.717, 1.165) is 25.7 Å². The first-order valence-corrected chi connectivity index (χ1v) is 8.06. The van der Waals surface area contributed by atoms with E-state index < -0.39 is 12.1 Å². The summed E-state index contributed by atoms with van der Waals surface area (Å²) in [5.74, 6) is -0.802. The van der Waals surface area contributed by atoms with E-state index in [1.165, 1.54) is 38.5 Å². The Morgan fingerprint density at radius 2 is 1.42 bits per heavy atom. The molecule has 0 aromatic rings. The lowest BCUT2D eigenvalue weighted by atomic mass is 10.1. The van der Waals surface area contributed by atoms with Crippen molar-refractivity contribution < 1.29 is 14.6 Å². The molecule has 0 aliphatic carbocycles. The van der Waals surface area contributed by atoms with E-state index in [2.05, 4.69) is 13.8 Å². The fourth-order valence-electron chi connectivity index (χ4n) is 2.14. The summed E-state index contributed by atoms with van der Waals surface area (Å²) in [7, 11) is 0. The van der Waals surface area contributed by atoms with E-state index in [9.17, 15) is 4.79 Å². The zero-order valence-corrected chi connectivity index (χ0v) is 12.8. The molecule has 0 heterocycles. The average molecular weight is 272 g/mol. The standard InChI is InChI=1S/C16H32O3/c1-3-5-7-9-10-11-13-15(16(17)18)19-14-12-8-6-4-2/h15H,3-14H2,1-2H3,(H,17,18). The predicted molar refractivity (Wildman–Crippen MR) is 79.5 cm³/mol. The average Bonchev–Trinajstić information content (AvgIpc) is 2.39. The van der Waals surface area contributed by atoms with Gasteiger partial charge in [0.15, 0.2) is 6.10 Å². The van der Waals surface area contributed by atoms with Gasteiger partial charge in [-0.25, -0.2) is 4.79 Å². The van der Waals surface area contributed by atoms with Gasteiger partial charge in [0.05, 0.1) is 0 Å². The number of carboxylic acid groups (broad SMARTS) is 1. The van der Waals surface area contributed by atoms with Crippen LogP contribution in [0.1, 0.15) is 84.5 Å². The quantitative estimate of drug-likeness (QED) is 0.463. The van der Waals surface area contributed by atoms with Gasteiger partial charge < -0.3 is 9.84 Å². The van der Waals surface area contributed by atoms with Crippen LogP contribution in [-0.2, 0) is 9.53 Å². The number of aliphatic carboxylic acids is 1. The summed E-state index contributed by atoms with van der Waals surface area (Å²) in [6.07, 6.45) is 11.7. The zero-order valence-electron chi connectivity index (χ0n) is 12.8. The van der Waals surface area contributed by atoms with Crippen molar-refractivity contribution in [2.75, 3.05) is 6.61 Å². The van der Waals surface area contributed by atoms with E-state index in [4.69, 9.17) is 9.84 Å². The second kappa shape index (κ2) is 13.9. The highest BCUT2D eigenvalue weighted by atomic mass is 16.5. The third-order valence-corrected chi connectivity index (χ3v) is 3.41. The third kappa shape index (κ3) is 12.2. The van der Waals surface area contributed by atoms with Gasteiger partial charge in [-0.1, -0.05) is 71.6 Å². The topological polar surface area (TPSA) is 46.5 Å². The number of unbranched alkanes of at least 4 members (excludes halogenated alkanes) is 8. The summed E-state index contributed by atoms with van der Waals surface area (Å²) < 4.78 is 5.48. The molecule has 0 spiro atoms. The van der Waals surface area contributed by atoms with Crippen LogP contribution in [0.2, 0.25) is 0 Å². The van der Waals surface area contributed by atoms with Gasteiger partial charge in [0.2, 0.25) is 0 Å². The molecule has 0 rings (SSSR count). The summed E-state index contributed by atoms with van der Waals surface area (Å²) >= 11 is 0. The molecule has 0 saturated heterocycles. The first kappa shape index (κ1) is 18.4. The van der Waals surface area contributed by atoms with Crippen LogP contribution >= 0.6 is 0 Å². The van der Waals surface area contributed by atoms with Gasteiger partial charge in [-0.3, -0.25) is 0 Å². The fraction of sp³-hybridized carbons (Fsp3) is 0.938. The first-order chi connectivity index (χ1) is 9.22. The molecule has 0 aromatic heterocycles. The summed E-state index contributed by atoms with van der Waals surface area (Å²) in [6, 6.07) is 0. The maximum absolute atomic E-state index is 11.1. The molecule has 0 aliphatic rings. The number of hydrogen-bond acceptors (Lipinski definition) is 2. The Bertz CT molecular complexity index is 204. The van der Waals surface area contributed by atoms with Crippen LogP contribution in [0.25, 0.3) is 0 Å². The Morgan fingerprint density at radius 1 is 0.895 bits per heavy atom. The van der Waals surface area contributed by atoms with Gasteiger partial charge in [0.1, 0.15) is 0 Å². The van der Waals surface area contributed by atoms with Crippen LogP contribution in [0.3, 0.4) is 0 Å². The largest absolute Gasteiger partial charge is 0.479 e. The predicted octanol–water partition coefficient (Wildman–Crippen LogP) is 4.79. The van der Waals surface area contributed by atoms with Crippen molar-refractivity contribution in [2.45, 2.75) is 90.6 Å². The molecule has 1 atom stereocenters. The van der Waals surface area contributed by atoms with Crippen molar-refractivity contribution in [3.8, 4) is 0 Å². The third-order valence-electron chi connectivity index (χ3n) is 3.41. The highest BCUT2D eigenvalue weighted by molar-refractivity contribution is 5.72. The van der Waals surface area contributed by atoms with Crippen molar-refractivity contribution in [1.82, 2.24) is 0 Å². The molecule has 0 saturated carbocycles. The zero-order chi connectivity index (χ0) is 14.3. The smallest absolute Gasteiger partial charge is 0.332 e. The lowest BCUT2D eigenvalue weighted by molar-refractivity contribution is -0.151. The SMILES string of the molecule is CCCCCCCCC(OCCCCCC)C(=O)O. The van der Waals surface area contributed by atoms with Crippen molar-refractivity contribution in [2.24, 2.45) is 0 Å². The second-order valence-corrected chi connectivity index (χ2v) is 5.31. The Kier molecular flexibility index (Phi) is 13.4. The van der Waals surface area contributed by atoms with Gasteiger partial charge in [0, 0.05) is 6.61 Å². The molecule has 19 heavy (non-hydrogen) atoms. The number of hydrogen-bond donors (Lipinski definition) is 1. The highest BCUT2D eigenvalue weighted by Gasteiger charge is 2.16. The van der Waals surface area contributed by atoms with Gasteiger partial charge in [-0.15, -0.1) is 0 Å². The molecule has 3 nitrogen and oxygen atoms in total. The van der Waals surface area contributed by atoms with Crippen molar-refractivity contribution in [1.29, 1.82) is 0 Å². The monoisotopic (exact) mass is 272 g/mol. The Balaban J connectivity index is 3.54. The molecule has 0 fully saturated rings. The lowest BCUT2D eigenvalue weighted by Gasteiger charge is -2.13. The molecule has 0 bridgehead atoms. The Hall–Kier alpha value is -0.570. The summed E-state index contributed by atoms with van der Waals surface area (Å²) in [5, 5.41) is 9.09. The fourth-order valence-corrected chi connectivity index (χ4v) is 2.14. The van der Waals surface area contributed by atoms with Crippen LogP contribution in [0.15, 0.2) is 0 Å². The minimum Gasteiger partial charge on any atom is -0.479 e. The van der Waals surface area contributed by atoms with Gasteiger partial charge >= 0.3 is 5.97 Å².